The van der Waals surface area contributed by atoms with E-state index in [4.69, 9.17) is 28.9 Å². The molecule has 2 aromatic rings. The zero-order chi connectivity index (χ0) is 23.0. The van der Waals surface area contributed by atoms with Crippen LogP contribution in [-0.2, 0) is 19.2 Å². The third-order valence-corrected chi connectivity index (χ3v) is 6.39. The number of amides is 3. The largest absolute Gasteiger partial charge is 0.480 e. The number of thioether (sulfide) groups is 1. The minimum absolute atomic E-state index is 0.0476. The Hall–Kier alpha value is -3.21. The Labute approximate surface area is 196 Å². The first-order chi connectivity index (χ1) is 15.3. The molecule has 0 aromatic heterocycles. The molecule has 1 fully saturated rings. The van der Waals surface area contributed by atoms with Crippen LogP contribution in [0.1, 0.15) is 5.56 Å². The summed E-state index contributed by atoms with van der Waals surface area (Å²) < 4.78 is 0.0577. The van der Waals surface area contributed by atoms with E-state index in [-0.39, 0.29) is 21.3 Å². The summed E-state index contributed by atoms with van der Waals surface area (Å²) in [6.07, 6.45) is 0. The van der Waals surface area contributed by atoms with Gasteiger partial charge in [0.05, 0.1) is 16.2 Å². The van der Waals surface area contributed by atoms with Gasteiger partial charge in [-0.1, -0.05) is 59.8 Å². The number of carboxylic acid groups (broad SMARTS) is 1. The van der Waals surface area contributed by atoms with Crippen LogP contribution < -0.4 is 10.2 Å². The average molecular weight is 488 g/mol. The average Bonchev–Trinajstić information content (AvgIpc) is 3.15. The van der Waals surface area contributed by atoms with Gasteiger partial charge in [0.15, 0.2) is 0 Å². The normalized spacial score (nSPS) is 17.7. The van der Waals surface area contributed by atoms with Crippen LogP contribution in [0.3, 0.4) is 0 Å². The maximum Gasteiger partial charge on any atom is 0.323 e. The van der Waals surface area contributed by atoms with Gasteiger partial charge in [-0.3, -0.25) is 29.0 Å². The molecule has 8 nitrogen and oxygen atoms in total. The Kier molecular flexibility index (Phi) is 6.00. The van der Waals surface area contributed by atoms with E-state index in [2.05, 4.69) is 5.32 Å². The highest BCUT2D eigenvalue weighted by atomic mass is 35.5. The number of thiocarbonyl (C=S) groups is 1. The molecule has 3 amide bonds. The van der Waals surface area contributed by atoms with Gasteiger partial charge in [-0.05, 0) is 24.3 Å². The highest BCUT2D eigenvalue weighted by molar-refractivity contribution is 8.26. The number of rotatable bonds is 5. The number of hydrogen-bond acceptors (Lipinski definition) is 6. The zero-order valence-electron chi connectivity index (χ0n) is 16.2. The first-order valence-electron chi connectivity index (χ1n) is 9.22. The fourth-order valence-electron chi connectivity index (χ4n) is 3.39. The molecule has 0 aliphatic carbocycles. The molecule has 32 heavy (non-hydrogen) atoms. The van der Waals surface area contributed by atoms with Crippen LogP contribution in [0, 0.1) is 0 Å². The van der Waals surface area contributed by atoms with E-state index in [0.29, 0.717) is 22.0 Å². The lowest BCUT2D eigenvalue weighted by molar-refractivity contribution is -0.140. The number of benzene rings is 2. The quantitative estimate of drug-likeness (QED) is 0.493. The maximum absolute atomic E-state index is 13.3. The summed E-state index contributed by atoms with van der Waals surface area (Å²) in [7, 11) is 0. The number of aliphatic carboxylic acids is 1. The molecule has 2 aliphatic heterocycles. The molecular formula is C21H14ClN3O5S2. The van der Waals surface area contributed by atoms with Crippen molar-refractivity contribution in [3.05, 3.63) is 64.0 Å². The van der Waals surface area contributed by atoms with Crippen molar-refractivity contribution in [3.63, 3.8) is 0 Å². The summed E-state index contributed by atoms with van der Waals surface area (Å²) in [6.45, 7) is -0.885. The number of carboxylic acids is 1. The minimum atomic E-state index is -1.22. The molecule has 4 rings (SSSR count). The Balaban J connectivity index is 1.65. The molecule has 2 aromatic carbocycles. The second-order valence-corrected chi connectivity index (χ2v) is 8.90. The molecule has 0 bridgehead atoms. The van der Waals surface area contributed by atoms with Crippen molar-refractivity contribution in [1.82, 2.24) is 4.90 Å². The number of carbonyl (C=O) groups is 4. The third kappa shape index (κ3) is 4.12. The smallest absolute Gasteiger partial charge is 0.323 e. The molecule has 162 valence electrons. The molecule has 0 saturated carbocycles. The SMILES string of the molecule is O=C(O)CN1C(=O)/C(=C2\C(=O)N(CC(=O)Nc3cccc(Cl)c3)c3ccccc32)SC1=S. The molecule has 11 heteroatoms. The monoisotopic (exact) mass is 487 g/mol. The van der Waals surface area contributed by atoms with Gasteiger partial charge >= 0.3 is 5.97 Å². The van der Waals surface area contributed by atoms with Gasteiger partial charge in [0.2, 0.25) is 5.91 Å². The van der Waals surface area contributed by atoms with Gasteiger partial charge in [0, 0.05) is 16.3 Å². The highest BCUT2D eigenvalue weighted by Gasteiger charge is 2.42. The predicted molar refractivity (Wildman–Crippen MR) is 125 cm³/mol. The van der Waals surface area contributed by atoms with E-state index in [0.717, 1.165) is 16.7 Å². The number of halogens is 1. The fourth-order valence-corrected chi connectivity index (χ4v) is 4.90. The summed E-state index contributed by atoms with van der Waals surface area (Å²) in [5.74, 6) is -2.85. The molecule has 2 heterocycles. The fraction of sp³-hybridized carbons (Fsp3) is 0.0952. The van der Waals surface area contributed by atoms with Crippen LogP contribution in [0.25, 0.3) is 5.57 Å². The van der Waals surface area contributed by atoms with Crippen molar-refractivity contribution in [2.45, 2.75) is 0 Å². The predicted octanol–water partition coefficient (Wildman–Crippen LogP) is 2.98. The maximum atomic E-state index is 13.3. The number of nitrogens with one attached hydrogen (secondary N) is 1. The third-order valence-electron chi connectivity index (χ3n) is 4.70. The van der Waals surface area contributed by atoms with Gasteiger partial charge in [0.1, 0.15) is 17.4 Å². The summed E-state index contributed by atoms with van der Waals surface area (Å²) in [5, 5.41) is 12.2. The van der Waals surface area contributed by atoms with Crippen molar-refractivity contribution in [1.29, 1.82) is 0 Å². The molecular weight excluding hydrogens is 474 g/mol. The summed E-state index contributed by atoms with van der Waals surface area (Å²) in [5.41, 5.74) is 1.53. The Morgan fingerprint density at radius 1 is 1.03 bits per heavy atom. The van der Waals surface area contributed by atoms with Gasteiger partial charge in [-0.25, -0.2) is 0 Å². The lowest BCUT2D eigenvalue weighted by Crippen LogP contribution is -2.36. The van der Waals surface area contributed by atoms with Crippen LogP contribution in [-0.4, -0.2) is 51.1 Å². The van der Waals surface area contributed by atoms with E-state index >= 15 is 0 Å². The first-order valence-corrected chi connectivity index (χ1v) is 10.8. The van der Waals surface area contributed by atoms with Gasteiger partial charge < -0.3 is 10.4 Å². The number of nitrogens with zero attached hydrogens (tertiary/aromatic N) is 2. The Bertz CT molecular complexity index is 1230. The van der Waals surface area contributed by atoms with Crippen LogP contribution in [0.4, 0.5) is 11.4 Å². The van der Waals surface area contributed by atoms with Crippen molar-refractivity contribution < 1.29 is 24.3 Å². The molecule has 0 atom stereocenters. The van der Waals surface area contributed by atoms with E-state index in [1.54, 1.807) is 48.5 Å². The van der Waals surface area contributed by atoms with Crippen molar-refractivity contribution >= 4 is 80.5 Å². The van der Waals surface area contributed by atoms with Crippen molar-refractivity contribution in [3.8, 4) is 0 Å². The van der Waals surface area contributed by atoms with E-state index in [9.17, 15) is 19.2 Å². The van der Waals surface area contributed by atoms with Crippen LogP contribution >= 0.6 is 35.6 Å². The minimum Gasteiger partial charge on any atom is -0.480 e. The lowest BCUT2D eigenvalue weighted by atomic mass is 10.1. The molecule has 2 N–H and O–H groups in total. The molecule has 0 spiro atoms. The van der Waals surface area contributed by atoms with Crippen LogP contribution in [0.2, 0.25) is 5.02 Å². The lowest BCUT2D eigenvalue weighted by Gasteiger charge is -2.17. The summed E-state index contributed by atoms with van der Waals surface area (Å²) in [6, 6.07) is 13.4. The second-order valence-electron chi connectivity index (χ2n) is 6.82. The summed E-state index contributed by atoms with van der Waals surface area (Å²) in [4.78, 5) is 52.1. The number of fused-ring (bicyclic) bond motifs is 1. The Morgan fingerprint density at radius 3 is 2.50 bits per heavy atom. The highest BCUT2D eigenvalue weighted by Crippen LogP contribution is 2.44. The number of para-hydroxylation sites is 1. The molecule has 1 saturated heterocycles. The van der Waals surface area contributed by atoms with E-state index in [1.807, 2.05) is 0 Å². The topological polar surface area (TPSA) is 107 Å². The van der Waals surface area contributed by atoms with Crippen molar-refractivity contribution in [2.75, 3.05) is 23.3 Å². The van der Waals surface area contributed by atoms with E-state index in [1.165, 1.54) is 4.90 Å². The van der Waals surface area contributed by atoms with Gasteiger partial charge in [-0.2, -0.15) is 0 Å². The Morgan fingerprint density at radius 2 is 1.78 bits per heavy atom. The summed E-state index contributed by atoms with van der Waals surface area (Å²) >= 11 is 12.0. The van der Waals surface area contributed by atoms with Crippen LogP contribution in [0.5, 0.6) is 0 Å². The molecule has 0 unspecified atom stereocenters. The second kappa shape index (κ2) is 8.73. The van der Waals surface area contributed by atoms with Gasteiger partial charge in [0.25, 0.3) is 11.8 Å². The van der Waals surface area contributed by atoms with Crippen molar-refractivity contribution in [2.24, 2.45) is 0 Å². The standard InChI is InChI=1S/C21H14ClN3O5S2/c22-11-4-3-5-12(8-11)23-15(26)9-24-14-7-2-1-6-13(14)17(19(24)29)18-20(30)25(10-16(27)28)21(31)32-18/h1-8H,9-10H2,(H,23,26)(H,27,28)/b18-17+. The number of hydrogen-bond donors (Lipinski definition) is 2. The number of anilines is 2. The molecule has 0 radical (unpaired) electrons. The molecule has 2 aliphatic rings. The van der Waals surface area contributed by atoms with Gasteiger partial charge in [-0.15, -0.1) is 0 Å². The number of carbonyl (C=O) groups excluding carboxylic acids is 3. The van der Waals surface area contributed by atoms with E-state index < -0.39 is 30.2 Å². The first kappa shape index (κ1) is 22.0. The van der Waals surface area contributed by atoms with Crippen LogP contribution in [0.15, 0.2) is 53.4 Å². The zero-order valence-corrected chi connectivity index (χ0v) is 18.6.